The van der Waals surface area contributed by atoms with Crippen LogP contribution in [0.25, 0.3) is 0 Å². The molecule has 3 heteroatoms. The molecule has 0 N–H and O–H groups in total. The fourth-order valence-corrected chi connectivity index (χ4v) is 0.740. The van der Waals surface area contributed by atoms with E-state index in [0.29, 0.717) is 0 Å². The Balaban J connectivity index is 4.45. The van der Waals surface area contributed by atoms with Gasteiger partial charge in [-0.05, 0) is 19.9 Å². The Morgan fingerprint density at radius 2 is 2.00 bits per heavy atom. The molecule has 0 spiro atoms. The van der Waals surface area contributed by atoms with Gasteiger partial charge in [-0.15, -0.1) is 0 Å². The molecule has 1 unspecified atom stereocenters. The zero-order valence-electron chi connectivity index (χ0n) is 7.38. The molecule has 0 heterocycles. The van der Waals surface area contributed by atoms with Crippen LogP contribution >= 0.6 is 0 Å². The van der Waals surface area contributed by atoms with Gasteiger partial charge in [-0.25, -0.2) is 4.79 Å². The summed E-state index contributed by atoms with van der Waals surface area (Å²) < 4.78 is 9.51. The fraction of sp³-hybridized carbons (Fsp3) is 0.625. The lowest BCUT2D eigenvalue weighted by Crippen LogP contribution is -2.36. The topological polar surface area (TPSA) is 35.5 Å². The summed E-state index contributed by atoms with van der Waals surface area (Å²) in [5.41, 5.74) is -0.941. The SMILES string of the molecule is CC=CC(C)(OC)C(=O)OC. The van der Waals surface area contributed by atoms with Crippen molar-refractivity contribution in [3.05, 3.63) is 12.2 Å². The summed E-state index contributed by atoms with van der Waals surface area (Å²) >= 11 is 0. The van der Waals surface area contributed by atoms with Gasteiger partial charge < -0.3 is 9.47 Å². The molecule has 0 aliphatic carbocycles. The minimum atomic E-state index is -0.941. The highest BCUT2D eigenvalue weighted by Gasteiger charge is 2.30. The van der Waals surface area contributed by atoms with Crippen LogP contribution in [0.1, 0.15) is 13.8 Å². The Bertz CT molecular complexity index is 163. The van der Waals surface area contributed by atoms with Crippen LogP contribution in [-0.2, 0) is 14.3 Å². The van der Waals surface area contributed by atoms with E-state index in [-0.39, 0.29) is 0 Å². The van der Waals surface area contributed by atoms with Crippen molar-refractivity contribution in [1.29, 1.82) is 0 Å². The van der Waals surface area contributed by atoms with E-state index in [2.05, 4.69) is 4.74 Å². The van der Waals surface area contributed by atoms with Crippen molar-refractivity contribution in [3.8, 4) is 0 Å². The second kappa shape index (κ2) is 4.13. The van der Waals surface area contributed by atoms with Crippen molar-refractivity contribution in [3.63, 3.8) is 0 Å². The van der Waals surface area contributed by atoms with Gasteiger partial charge in [-0.2, -0.15) is 0 Å². The molecule has 11 heavy (non-hydrogen) atoms. The molecular formula is C8H14O3. The molecule has 0 saturated carbocycles. The number of ether oxygens (including phenoxy) is 2. The third kappa shape index (κ3) is 2.35. The van der Waals surface area contributed by atoms with Gasteiger partial charge in [0.1, 0.15) is 0 Å². The minimum Gasteiger partial charge on any atom is -0.467 e. The van der Waals surface area contributed by atoms with E-state index in [4.69, 9.17) is 4.74 Å². The first-order valence-electron chi connectivity index (χ1n) is 3.38. The summed E-state index contributed by atoms with van der Waals surface area (Å²) in [5, 5.41) is 0. The third-order valence-electron chi connectivity index (χ3n) is 1.50. The maximum absolute atomic E-state index is 11.1. The van der Waals surface area contributed by atoms with Gasteiger partial charge in [0.05, 0.1) is 7.11 Å². The Labute approximate surface area is 67.0 Å². The van der Waals surface area contributed by atoms with Crippen molar-refractivity contribution >= 4 is 5.97 Å². The Kier molecular flexibility index (Phi) is 3.82. The average Bonchev–Trinajstić information content (AvgIpc) is 2.03. The number of hydrogen-bond acceptors (Lipinski definition) is 3. The van der Waals surface area contributed by atoms with E-state index in [1.165, 1.54) is 14.2 Å². The Hall–Kier alpha value is -0.830. The predicted octanol–water partition coefficient (Wildman–Crippen LogP) is 1.14. The molecule has 0 aromatic rings. The molecule has 0 saturated heterocycles. The number of carbonyl (C=O) groups is 1. The van der Waals surface area contributed by atoms with E-state index in [1.54, 1.807) is 19.1 Å². The molecule has 0 aliphatic rings. The van der Waals surface area contributed by atoms with Crippen LogP contribution in [-0.4, -0.2) is 25.8 Å². The lowest BCUT2D eigenvalue weighted by Gasteiger charge is -2.20. The molecule has 3 nitrogen and oxygen atoms in total. The second-order valence-corrected chi connectivity index (χ2v) is 2.30. The van der Waals surface area contributed by atoms with Crippen molar-refractivity contribution in [2.75, 3.05) is 14.2 Å². The molecule has 0 aromatic heterocycles. The third-order valence-corrected chi connectivity index (χ3v) is 1.50. The predicted molar refractivity (Wildman–Crippen MR) is 42.2 cm³/mol. The highest BCUT2D eigenvalue weighted by molar-refractivity contribution is 5.81. The van der Waals surface area contributed by atoms with Gasteiger partial charge in [0.25, 0.3) is 0 Å². The minimum absolute atomic E-state index is 0.391. The summed E-state index contributed by atoms with van der Waals surface area (Å²) in [6, 6.07) is 0. The fourth-order valence-electron chi connectivity index (χ4n) is 0.740. The maximum Gasteiger partial charge on any atom is 0.341 e. The van der Waals surface area contributed by atoms with Crippen LogP contribution in [0.4, 0.5) is 0 Å². The number of methoxy groups -OCH3 is 2. The first kappa shape index (κ1) is 10.2. The average molecular weight is 158 g/mol. The van der Waals surface area contributed by atoms with Gasteiger partial charge in [-0.1, -0.05) is 6.08 Å². The van der Waals surface area contributed by atoms with Gasteiger partial charge in [0, 0.05) is 7.11 Å². The van der Waals surface area contributed by atoms with Crippen LogP contribution in [0.15, 0.2) is 12.2 Å². The summed E-state index contributed by atoms with van der Waals surface area (Å²) in [5.74, 6) is -0.391. The molecular weight excluding hydrogens is 144 g/mol. The van der Waals surface area contributed by atoms with Crippen LogP contribution < -0.4 is 0 Å². The lowest BCUT2D eigenvalue weighted by atomic mass is 10.1. The molecule has 64 valence electrons. The van der Waals surface area contributed by atoms with Gasteiger partial charge in [0.2, 0.25) is 0 Å². The van der Waals surface area contributed by atoms with Crippen molar-refractivity contribution in [1.82, 2.24) is 0 Å². The number of rotatable bonds is 3. The van der Waals surface area contributed by atoms with Gasteiger partial charge in [-0.3, -0.25) is 0 Å². The number of hydrogen-bond donors (Lipinski definition) is 0. The van der Waals surface area contributed by atoms with Crippen LogP contribution in [0.2, 0.25) is 0 Å². The molecule has 0 fully saturated rings. The van der Waals surface area contributed by atoms with E-state index < -0.39 is 11.6 Å². The van der Waals surface area contributed by atoms with Crippen molar-refractivity contribution < 1.29 is 14.3 Å². The smallest absolute Gasteiger partial charge is 0.341 e. The standard InChI is InChI=1S/C8H14O3/c1-5-6-8(2,11-4)7(9)10-3/h5-6H,1-4H3. The van der Waals surface area contributed by atoms with Crippen LogP contribution in [0, 0.1) is 0 Å². The Morgan fingerprint density at radius 1 is 1.45 bits per heavy atom. The quantitative estimate of drug-likeness (QED) is 0.456. The summed E-state index contributed by atoms with van der Waals surface area (Å²) in [6.07, 6.45) is 3.40. The molecule has 1 atom stereocenters. The highest BCUT2D eigenvalue weighted by atomic mass is 16.6. The summed E-state index contributed by atoms with van der Waals surface area (Å²) in [4.78, 5) is 11.1. The van der Waals surface area contributed by atoms with E-state index >= 15 is 0 Å². The molecule has 0 aromatic carbocycles. The van der Waals surface area contributed by atoms with E-state index in [1.807, 2.05) is 6.92 Å². The van der Waals surface area contributed by atoms with Gasteiger partial charge >= 0.3 is 5.97 Å². The Morgan fingerprint density at radius 3 is 2.27 bits per heavy atom. The number of carbonyl (C=O) groups excluding carboxylic acids is 1. The largest absolute Gasteiger partial charge is 0.467 e. The van der Waals surface area contributed by atoms with E-state index in [0.717, 1.165) is 0 Å². The monoisotopic (exact) mass is 158 g/mol. The van der Waals surface area contributed by atoms with Crippen molar-refractivity contribution in [2.24, 2.45) is 0 Å². The lowest BCUT2D eigenvalue weighted by molar-refractivity contribution is -0.158. The van der Waals surface area contributed by atoms with Crippen LogP contribution in [0.5, 0.6) is 0 Å². The summed E-state index contributed by atoms with van der Waals surface area (Å²) in [6.45, 7) is 3.47. The first-order valence-corrected chi connectivity index (χ1v) is 3.38. The number of allylic oxidation sites excluding steroid dienone is 1. The zero-order valence-corrected chi connectivity index (χ0v) is 7.38. The maximum atomic E-state index is 11.1. The summed E-state index contributed by atoms with van der Waals surface area (Å²) in [7, 11) is 2.81. The van der Waals surface area contributed by atoms with Gasteiger partial charge in [0.15, 0.2) is 5.60 Å². The molecule has 0 amide bonds. The molecule has 0 aliphatic heterocycles. The molecule has 0 bridgehead atoms. The highest BCUT2D eigenvalue weighted by Crippen LogP contribution is 2.12. The van der Waals surface area contributed by atoms with Crippen molar-refractivity contribution in [2.45, 2.75) is 19.4 Å². The second-order valence-electron chi connectivity index (χ2n) is 2.30. The molecule has 0 radical (unpaired) electrons. The van der Waals surface area contributed by atoms with E-state index in [9.17, 15) is 4.79 Å². The first-order chi connectivity index (χ1) is 5.10. The normalized spacial score (nSPS) is 16.4. The zero-order chi connectivity index (χ0) is 8.91. The van der Waals surface area contributed by atoms with Crippen LogP contribution in [0.3, 0.4) is 0 Å². The molecule has 0 rings (SSSR count). The number of esters is 1.